The molecule has 0 radical (unpaired) electrons. The van der Waals surface area contributed by atoms with E-state index in [9.17, 15) is 9.59 Å². The van der Waals surface area contributed by atoms with Crippen molar-refractivity contribution < 1.29 is 14.3 Å². The van der Waals surface area contributed by atoms with Crippen LogP contribution in [0.3, 0.4) is 0 Å². The molecule has 3 aliphatic rings. The predicted molar refractivity (Wildman–Crippen MR) is 95.2 cm³/mol. The minimum absolute atomic E-state index is 0.0111. The molecule has 25 heavy (non-hydrogen) atoms. The van der Waals surface area contributed by atoms with Crippen LogP contribution in [-0.2, 0) is 14.3 Å². The van der Waals surface area contributed by atoms with Gasteiger partial charge in [-0.2, -0.15) is 0 Å². The Morgan fingerprint density at radius 3 is 2.64 bits per heavy atom. The summed E-state index contributed by atoms with van der Waals surface area (Å²) in [5, 5.41) is 6.42. The largest absolute Gasteiger partial charge is 0.383 e. The van der Waals surface area contributed by atoms with E-state index >= 15 is 0 Å². The van der Waals surface area contributed by atoms with E-state index < -0.39 is 0 Å². The molecule has 2 N–H and O–H groups in total. The summed E-state index contributed by atoms with van der Waals surface area (Å²) in [6, 6.07) is 0.566. The van der Waals surface area contributed by atoms with Crippen LogP contribution in [0.5, 0.6) is 0 Å². The molecule has 2 heterocycles. The summed E-state index contributed by atoms with van der Waals surface area (Å²) in [5.41, 5.74) is 0. The van der Waals surface area contributed by atoms with Crippen LogP contribution in [0.1, 0.15) is 32.1 Å². The monoisotopic (exact) mass is 352 g/mol. The molecule has 2 saturated heterocycles. The van der Waals surface area contributed by atoms with Gasteiger partial charge in [0.25, 0.3) is 0 Å². The van der Waals surface area contributed by atoms with E-state index in [1.165, 1.54) is 25.7 Å². The van der Waals surface area contributed by atoms with Crippen molar-refractivity contribution in [1.82, 2.24) is 20.4 Å². The van der Waals surface area contributed by atoms with Gasteiger partial charge in [0.05, 0.1) is 19.2 Å². The van der Waals surface area contributed by atoms with Gasteiger partial charge < -0.3 is 20.3 Å². The lowest BCUT2D eigenvalue weighted by Crippen LogP contribution is -2.54. The lowest BCUT2D eigenvalue weighted by Gasteiger charge is -2.35. The van der Waals surface area contributed by atoms with Gasteiger partial charge in [-0.1, -0.05) is 12.8 Å². The van der Waals surface area contributed by atoms with Gasteiger partial charge in [0.2, 0.25) is 11.8 Å². The molecule has 7 nitrogen and oxygen atoms in total. The van der Waals surface area contributed by atoms with Crippen molar-refractivity contribution in [2.75, 3.05) is 53.0 Å². The predicted octanol–water partition coefficient (Wildman–Crippen LogP) is -0.186. The number of ether oxygens (including phenoxy) is 1. The molecule has 1 saturated carbocycles. The van der Waals surface area contributed by atoms with Gasteiger partial charge in [0, 0.05) is 45.9 Å². The summed E-state index contributed by atoms with van der Waals surface area (Å²) in [7, 11) is 1.62. The molecule has 0 aromatic rings. The van der Waals surface area contributed by atoms with Gasteiger partial charge in [0.1, 0.15) is 0 Å². The minimum atomic E-state index is 0.0111. The lowest BCUT2D eigenvalue weighted by atomic mass is 9.85. The molecule has 0 aromatic heterocycles. The molecule has 3 rings (SSSR count). The lowest BCUT2D eigenvalue weighted by molar-refractivity contribution is -0.135. The molecule has 142 valence electrons. The Balaban J connectivity index is 1.38. The van der Waals surface area contributed by atoms with Gasteiger partial charge in [-0.25, -0.2) is 0 Å². The summed E-state index contributed by atoms with van der Waals surface area (Å²) in [6.45, 7) is 4.45. The van der Waals surface area contributed by atoms with Gasteiger partial charge in [0.15, 0.2) is 0 Å². The van der Waals surface area contributed by atoms with E-state index in [4.69, 9.17) is 4.74 Å². The zero-order chi connectivity index (χ0) is 17.6. The summed E-state index contributed by atoms with van der Waals surface area (Å²) < 4.78 is 4.93. The first-order valence-corrected chi connectivity index (χ1v) is 9.70. The van der Waals surface area contributed by atoms with E-state index in [2.05, 4.69) is 15.5 Å². The Hall–Kier alpha value is -1.18. The van der Waals surface area contributed by atoms with Gasteiger partial charge in [-0.15, -0.1) is 0 Å². The van der Waals surface area contributed by atoms with E-state index in [-0.39, 0.29) is 17.9 Å². The molecule has 0 spiro atoms. The first kappa shape index (κ1) is 18.6. The third-order valence-corrected chi connectivity index (χ3v) is 5.84. The maximum absolute atomic E-state index is 12.8. The zero-order valence-electron chi connectivity index (χ0n) is 15.3. The molecule has 3 fully saturated rings. The number of hydrogen-bond acceptors (Lipinski definition) is 5. The van der Waals surface area contributed by atoms with Crippen molar-refractivity contribution in [3.63, 3.8) is 0 Å². The molecule has 2 aliphatic heterocycles. The highest BCUT2D eigenvalue weighted by Crippen LogP contribution is 2.33. The summed E-state index contributed by atoms with van der Waals surface area (Å²) in [6.07, 6.45) is 6.11. The fraction of sp³-hybridized carbons (Fsp3) is 0.889. The fourth-order valence-electron chi connectivity index (χ4n) is 4.41. The number of carbonyl (C=O) groups is 2. The number of fused-ring (bicyclic) bond motifs is 1. The first-order valence-electron chi connectivity index (χ1n) is 9.70. The Labute approximate surface area is 150 Å². The van der Waals surface area contributed by atoms with Crippen molar-refractivity contribution >= 4 is 11.8 Å². The third-order valence-electron chi connectivity index (χ3n) is 5.84. The summed E-state index contributed by atoms with van der Waals surface area (Å²) >= 11 is 0. The molecule has 2 amide bonds. The number of carbonyl (C=O) groups excluding carboxylic acids is 2. The van der Waals surface area contributed by atoms with Gasteiger partial charge in [-0.3, -0.25) is 14.5 Å². The number of nitrogens with one attached hydrogen (secondary N) is 2. The van der Waals surface area contributed by atoms with Crippen molar-refractivity contribution in [3.8, 4) is 0 Å². The van der Waals surface area contributed by atoms with Gasteiger partial charge in [-0.05, 0) is 25.2 Å². The maximum atomic E-state index is 12.8. The van der Waals surface area contributed by atoms with Crippen LogP contribution in [0, 0.1) is 5.92 Å². The maximum Gasteiger partial charge on any atom is 0.239 e. The van der Waals surface area contributed by atoms with Crippen LogP contribution in [0.4, 0.5) is 0 Å². The number of piperazine rings is 1. The topological polar surface area (TPSA) is 73.9 Å². The number of rotatable bonds is 6. The van der Waals surface area contributed by atoms with Crippen LogP contribution < -0.4 is 10.6 Å². The second kappa shape index (κ2) is 8.96. The highest BCUT2D eigenvalue weighted by molar-refractivity contribution is 5.82. The molecular formula is C18H32N4O3. The average molecular weight is 352 g/mol. The molecule has 1 aliphatic carbocycles. The molecule has 0 aromatic carbocycles. The molecular weight excluding hydrogens is 320 g/mol. The number of amides is 2. The van der Waals surface area contributed by atoms with E-state index in [1.807, 2.05) is 4.90 Å². The normalized spacial score (nSPS) is 30.1. The van der Waals surface area contributed by atoms with Gasteiger partial charge >= 0.3 is 0 Å². The number of hydrogen-bond donors (Lipinski definition) is 2. The summed E-state index contributed by atoms with van der Waals surface area (Å²) in [5.74, 6) is 0.983. The average Bonchev–Trinajstić information content (AvgIpc) is 3.06. The Bertz CT molecular complexity index is 451. The van der Waals surface area contributed by atoms with Crippen LogP contribution in [0.15, 0.2) is 0 Å². The Kier molecular flexibility index (Phi) is 6.67. The molecule has 3 atom stereocenters. The quantitative estimate of drug-likeness (QED) is 0.649. The molecule has 0 bridgehead atoms. The van der Waals surface area contributed by atoms with Crippen LogP contribution in [0.25, 0.3) is 0 Å². The van der Waals surface area contributed by atoms with Crippen LogP contribution in [0.2, 0.25) is 0 Å². The second-order valence-electron chi connectivity index (χ2n) is 7.55. The molecule has 3 unspecified atom stereocenters. The van der Waals surface area contributed by atoms with Crippen molar-refractivity contribution in [2.45, 2.75) is 44.2 Å². The van der Waals surface area contributed by atoms with E-state index in [0.717, 1.165) is 32.6 Å². The van der Waals surface area contributed by atoms with Crippen molar-refractivity contribution in [3.05, 3.63) is 0 Å². The molecule has 7 heteroatoms. The number of nitrogens with zero attached hydrogens (tertiary/aromatic N) is 2. The highest BCUT2D eigenvalue weighted by atomic mass is 16.5. The Morgan fingerprint density at radius 1 is 1.16 bits per heavy atom. The Morgan fingerprint density at radius 2 is 1.92 bits per heavy atom. The smallest absolute Gasteiger partial charge is 0.239 e. The van der Waals surface area contributed by atoms with E-state index in [1.54, 1.807) is 7.11 Å². The third kappa shape index (κ3) is 4.92. The summed E-state index contributed by atoms with van der Waals surface area (Å²) in [4.78, 5) is 28.8. The van der Waals surface area contributed by atoms with Crippen molar-refractivity contribution in [1.29, 1.82) is 0 Å². The highest BCUT2D eigenvalue weighted by Gasteiger charge is 2.40. The second-order valence-corrected chi connectivity index (χ2v) is 7.55. The minimum Gasteiger partial charge on any atom is -0.383 e. The number of methoxy groups -OCH3 is 1. The fourth-order valence-corrected chi connectivity index (χ4v) is 4.41. The first-order chi connectivity index (χ1) is 12.2. The van der Waals surface area contributed by atoms with Crippen LogP contribution in [-0.4, -0.2) is 86.7 Å². The van der Waals surface area contributed by atoms with Crippen LogP contribution >= 0.6 is 0 Å². The zero-order valence-corrected chi connectivity index (χ0v) is 15.3. The standard InChI is InChI=1S/C18H32N4O3/c1-25-11-6-19-17(23)13-21-7-9-22(10-8-21)18(24)16-12-14-4-2-3-5-15(14)20-16/h14-16,20H,2-13H2,1H3,(H,19,23). The van der Waals surface area contributed by atoms with E-state index in [0.29, 0.717) is 31.7 Å². The SMILES string of the molecule is COCCNC(=O)CN1CCN(C(=O)C2CC3CCCCC3N2)CC1. The van der Waals surface area contributed by atoms with Crippen molar-refractivity contribution in [2.24, 2.45) is 5.92 Å².